The third-order valence-electron chi connectivity index (χ3n) is 2.18. The van der Waals surface area contributed by atoms with Crippen molar-refractivity contribution in [2.75, 3.05) is 0 Å². The van der Waals surface area contributed by atoms with E-state index in [1.807, 2.05) is 0 Å². The van der Waals surface area contributed by atoms with Crippen LogP contribution in [0, 0.1) is 5.92 Å². The average Bonchev–Trinajstić information content (AvgIpc) is 1.85. The lowest BCUT2D eigenvalue weighted by molar-refractivity contribution is -0.138. The summed E-state index contributed by atoms with van der Waals surface area (Å²) in [5.41, 5.74) is 0. The summed E-state index contributed by atoms with van der Waals surface area (Å²) in [4.78, 5) is 10.3. The quantitative estimate of drug-likeness (QED) is 0.670. The van der Waals surface area contributed by atoms with Crippen LogP contribution >= 0.6 is 0 Å². The maximum atomic E-state index is 12.7. The molecule has 2 nitrogen and oxygen atoms in total. The number of carboxylic acids is 1. The molecule has 0 aliphatic heterocycles. The normalized spacial score (nSPS) is 31.7. The molecule has 0 aromatic rings. The van der Waals surface area contributed by atoms with Gasteiger partial charge in [0.05, 0.1) is 0 Å². The minimum absolute atomic E-state index is 0.0799. The molecule has 11 heavy (non-hydrogen) atoms. The Morgan fingerprint density at radius 3 is 2.82 bits per heavy atom. The second kappa shape index (κ2) is 3.69. The molecule has 0 aromatic heterocycles. The molecule has 1 N–H and O–H groups in total. The number of rotatable bonds is 2. The summed E-state index contributed by atoms with van der Waals surface area (Å²) >= 11 is 0. The van der Waals surface area contributed by atoms with Gasteiger partial charge in [-0.05, 0) is 25.2 Å². The summed E-state index contributed by atoms with van der Waals surface area (Å²) in [6, 6.07) is 0. The molecule has 0 unspecified atom stereocenters. The summed E-state index contributed by atoms with van der Waals surface area (Å²) in [6.07, 6.45) is 2.18. The molecule has 0 spiro atoms. The number of carbonyl (C=O) groups is 1. The number of alkyl halides is 1. The fourth-order valence-electron chi connectivity index (χ4n) is 1.66. The third-order valence-corrected chi connectivity index (χ3v) is 2.18. The summed E-state index contributed by atoms with van der Waals surface area (Å²) in [6.45, 7) is 0. The second-order valence-corrected chi connectivity index (χ2v) is 3.23. The molecular weight excluding hydrogens is 147 g/mol. The first-order chi connectivity index (χ1) is 5.18. The molecule has 1 aliphatic carbocycles. The molecule has 1 fully saturated rings. The van der Waals surface area contributed by atoms with Crippen molar-refractivity contribution in [2.24, 2.45) is 5.92 Å². The Bertz CT molecular complexity index is 147. The van der Waals surface area contributed by atoms with Crippen LogP contribution < -0.4 is 0 Å². The summed E-state index contributed by atoms with van der Waals surface area (Å²) in [5, 5.41) is 8.43. The molecule has 64 valence electrons. The van der Waals surface area contributed by atoms with Crippen molar-refractivity contribution in [1.82, 2.24) is 0 Å². The Morgan fingerprint density at radius 2 is 2.27 bits per heavy atom. The number of hydrogen-bond donors (Lipinski definition) is 1. The van der Waals surface area contributed by atoms with E-state index in [2.05, 4.69) is 0 Å². The van der Waals surface area contributed by atoms with Crippen LogP contribution in [-0.4, -0.2) is 17.2 Å². The van der Waals surface area contributed by atoms with Gasteiger partial charge in [0.15, 0.2) is 0 Å². The van der Waals surface area contributed by atoms with Crippen LogP contribution in [0.25, 0.3) is 0 Å². The fourth-order valence-corrected chi connectivity index (χ4v) is 1.66. The van der Waals surface area contributed by atoms with Crippen molar-refractivity contribution in [3.8, 4) is 0 Å². The Morgan fingerprint density at radius 1 is 1.55 bits per heavy atom. The Labute approximate surface area is 65.4 Å². The lowest BCUT2D eigenvalue weighted by atomic mass is 9.86. The van der Waals surface area contributed by atoms with Gasteiger partial charge in [0.2, 0.25) is 0 Å². The highest BCUT2D eigenvalue weighted by atomic mass is 19.1. The topological polar surface area (TPSA) is 37.3 Å². The monoisotopic (exact) mass is 160 g/mol. The van der Waals surface area contributed by atoms with Gasteiger partial charge in [0.1, 0.15) is 6.17 Å². The molecule has 0 aromatic carbocycles. The van der Waals surface area contributed by atoms with E-state index < -0.39 is 12.1 Å². The molecule has 1 rings (SSSR count). The van der Waals surface area contributed by atoms with Gasteiger partial charge < -0.3 is 5.11 Å². The highest BCUT2D eigenvalue weighted by Gasteiger charge is 2.22. The van der Waals surface area contributed by atoms with Crippen molar-refractivity contribution in [1.29, 1.82) is 0 Å². The number of halogens is 1. The van der Waals surface area contributed by atoms with Crippen molar-refractivity contribution in [3.05, 3.63) is 0 Å². The van der Waals surface area contributed by atoms with Crippen LogP contribution in [0.4, 0.5) is 4.39 Å². The van der Waals surface area contributed by atoms with Gasteiger partial charge in [-0.3, -0.25) is 4.79 Å². The van der Waals surface area contributed by atoms with Crippen molar-refractivity contribution in [2.45, 2.75) is 38.3 Å². The van der Waals surface area contributed by atoms with Gasteiger partial charge in [-0.2, -0.15) is 0 Å². The largest absolute Gasteiger partial charge is 0.481 e. The van der Waals surface area contributed by atoms with Crippen LogP contribution in [0.5, 0.6) is 0 Å². The molecule has 0 radical (unpaired) electrons. The minimum Gasteiger partial charge on any atom is -0.481 e. The SMILES string of the molecule is O=C(O)C[C@@H]1CCC[C@@H](F)C1. The molecule has 0 bridgehead atoms. The van der Waals surface area contributed by atoms with Crippen LogP contribution in [0.1, 0.15) is 32.1 Å². The Hall–Kier alpha value is -0.600. The van der Waals surface area contributed by atoms with Gasteiger partial charge in [-0.25, -0.2) is 4.39 Å². The minimum atomic E-state index is -0.802. The first-order valence-electron chi connectivity index (χ1n) is 4.04. The standard InChI is InChI=1S/C8H13FO2/c9-7-3-1-2-6(4-7)5-8(10)11/h6-7H,1-5H2,(H,10,11)/t6-,7-/m1/s1. The second-order valence-electron chi connectivity index (χ2n) is 3.23. The third kappa shape index (κ3) is 2.87. The number of aliphatic carboxylic acids is 1. The maximum Gasteiger partial charge on any atom is 0.303 e. The molecule has 0 amide bonds. The first kappa shape index (κ1) is 8.50. The molecule has 0 saturated heterocycles. The lowest BCUT2D eigenvalue weighted by Gasteiger charge is -2.22. The highest BCUT2D eigenvalue weighted by molar-refractivity contribution is 5.67. The summed E-state index contributed by atoms with van der Waals surface area (Å²) in [7, 11) is 0. The van der Waals surface area contributed by atoms with E-state index in [0.717, 1.165) is 12.8 Å². The van der Waals surface area contributed by atoms with E-state index in [1.54, 1.807) is 0 Å². The lowest BCUT2D eigenvalue weighted by Crippen LogP contribution is -2.18. The van der Waals surface area contributed by atoms with Gasteiger partial charge in [0, 0.05) is 6.42 Å². The van der Waals surface area contributed by atoms with Crippen molar-refractivity contribution in [3.63, 3.8) is 0 Å². The van der Waals surface area contributed by atoms with Crippen molar-refractivity contribution < 1.29 is 14.3 Å². The molecular formula is C8H13FO2. The predicted octanol–water partition coefficient (Wildman–Crippen LogP) is 1.99. The van der Waals surface area contributed by atoms with Gasteiger partial charge in [-0.1, -0.05) is 6.42 Å². The maximum absolute atomic E-state index is 12.7. The zero-order chi connectivity index (χ0) is 8.27. The summed E-state index contributed by atoms with van der Waals surface area (Å²) < 4.78 is 12.7. The van der Waals surface area contributed by atoms with Gasteiger partial charge in [0.25, 0.3) is 0 Å². The summed E-state index contributed by atoms with van der Waals surface area (Å²) in [5.74, 6) is -0.722. The highest BCUT2D eigenvalue weighted by Crippen LogP contribution is 2.28. The van der Waals surface area contributed by atoms with Crippen LogP contribution in [0.3, 0.4) is 0 Å². The molecule has 3 heteroatoms. The van der Waals surface area contributed by atoms with E-state index in [-0.39, 0.29) is 12.3 Å². The van der Waals surface area contributed by atoms with E-state index in [1.165, 1.54) is 0 Å². The average molecular weight is 160 g/mol. The number of hydrogen-bond acceptors (Lipinski definition) is 1. The molecule has 0 heterocycles. The number of carboxylic acid groups (broad SMARTS) is 1. The van der Waals surface area contributed by atoms with E-state index >= 15 is 0 Å². The van der Waals surface area contributed by atoms with Crippen molar-refractivity contribution >= 4 is 5.97 Å². The Kier molecular flexibility index (Phi) is 2.85. The van der Waals surface area contributed by atoms with Crippen LogP contribution in [0.2, 0.25) is 0 Å². The molecule has 1 aliphatic rings. The van der Waals surface area contributed by atoms with Crippen LogP contribution in [-0.2, 0) is 4.79 Å². The van der Waals surface area contributed by atoms with Crippen LogP contribution in [0.15, 0.2) is 0 Å². The van der Waals surface area contributed by atoms with E-state index in [4.69, 9.17) is 5.11 Å². The zero-order valence-corrected chi connectivity index (χ0v) is 6.42. The van der Waals surface area contributed by atoms with E-state index in [9.17, 15) is 9.18 Å². The van der Waals surface area contributed by atoms with Gasteiger partial charge in [-0.15, -0.1) is 0 Å². The molecule has 1 saturated carbocycles. The predicted molar refractivity (Wildman–Crippen MR) is 39.1 cm³/mol. The zero-order valence-electron chi connectivity index (χ0n) is 6.42. The first-order valence-corrected chi connectivity index (χ1v) is 4.04. The fraction of sp³-hybridized carbons (Fsp3) is 0.875. The molecule has 2 atom stereocenters. The Balaban J connectivity index is 2.28. The van der Waals surface area contributed by atoms with Gasteiger partial charge >= 0.3 is 5.97 Å². The van der Waals surface area contributed by atoms with E-state index in [0.29, 0.717) is 12.8 Å². The smallest absolute Gasteiger partial charge is 0.303 e.